The summed E-state index contributed by atoms with van der Waals surface area (Å²) in [6.45, 7) is 10.9. The van der Waals surface area contributed by atoms with Crippen LogP contribution in [0.1, 0.15) is 49.3 Å². The molecule has 0 saturated heterocycles. The molecule has 2 aromatic rings. The highest BCUT2D eigenvalue weighted by molar-refractivity contribution is 5.79. The summed E-state index contributed by atoms with van der Waals surface area (Å²) in [6.07, 6.45) is 0.371. The molecule has 136 valence electrons. The van der Waals surface area contributed by atoms with Crippen LogP contribution in [0.3, 0.4) is 0 Å². The second-order valence-electron chi connectivity index (χ2n) is 7.39. The van der Waals surface area contributed by atoms with Crippen LogP contribution in [-0.4, -0.2) is 27.8 Å². The Bertz CT molecular complexity index is 719. The predicted octanol–water partition coefficient (Wildman–Crippen LogP) is 2.83. The van der Waals surface area contributed by atoms with E-state index in [2.05, 4.69) is 48.6 Å². The molecule has 25 heavy (non-hydrogen) atoms. The molecule has 1 aromatic heterocycles. The minimum absolute atomic E-state index is 0.0291. The van der Waals surface area contributed by atoms with Crippen LogP contribution >= 0.6 is 0 Å². The molecule has 0 bridgehead atoms. The van der Waals surface area contributed by atoms with Gasteiger partial charge in [0.2, 0.25) is 5.91 Å². The van der Waals surface area contributed by atoms with Crippen LogP contribution in [0.2, 0.25) is 0 Å². The van der Waals surface area contributed by atoms with Crippen molar-refractivity contribution in [1.82, 2.24) is 20.4 Å². The Morgan fingerprint density at radius 3 is 2.44 bits per heavy atom. The number of hydrogen-bond donors (Lipinski definition) is 2. The van der Waals surface area contributed by atoms with Gasteiger partial charge >= 0.3 is 0 Å². The number of carbonyl (C=O) groups excluding carboxylic acids is 1. The summed E-state index contributed by atoms with van der Waals surface area (Å²) in [5.74, 6) is 0.0291. The third-order valence-electron chi connectivity index (χ3n) is 4.63. The van der Waals surface area contributed by atoms with E-state index in [4.69, 9.17) is 0 Å². The van der Waals surface area contributed by atoms with Crippen molar-refractivity contribution < 1.29 is 4.79 Å². The maximum Gasteiger partial charge on any atom is 0.224 e. The summed E-state index contributed by atoms with van der Waals surface area (Å²) in [5.41, 5.74) is 4.02. The lowest BCUT2D eigenvalue weighted by atomic mass is 10.0. The van der Waals surface area contributed by atoms with Gasteiger partial charge in [-0.3, -0.25) is 9.48 Å². The van der Waals surface area contributed by atoms with E-state index in [1.165, 1.54) is 5.56 Å². The zero-order valence-electron chi connectivity index (χ0n) is 16.2. The molecule has 5 nitrogen and oxygen atoms in total. The third-order valence-corrected chi connectivity index (χ3v) is 4.63. The van der Waals surface area contributed by atoms with Gasteiger partial charge in [-0.1, -0.05) is 30.3 Å². The van der Waals surface area contributed by atoms with Gasteiger partial charge in [-0.2, -0.15) is 5.10 Å². The molecule has 5 heteroatoms. The van der Waals surface area contributed by atoms with Crippen LogP contribution in [0.4, 0.5) is 0 Å². The lowest BCUT2D eigenvalue weighted by Gasteiger charge is -2.31. The standard InChI is InChI=1S/C20H30N4O/c1-14(17-10-8-7-9-11-17)22-20(4,5)13-21-19(25)12-18-15(2)23-24(6)16(18)3/h7-11,14,22H,12-13H2,1-6H3,(H,21,25)/t14-/m0/s1. The first kappa shape index (κ1) is 19.2. The number of amides is 1. The summed E-state index contributed by atoms with van der Waals surface area (Å²) in [7, 11) is 1.90. The second kappa shape index (κ2) is 7.83. The lowest BCUT2D eigenvalue weighted by molar-refractivity contribution is -0.120. The normalized spacial score (nSPS) is 12.9. The van der Waals surface area contributed by atoms with Crippen molar-refractivity contribution in [3.05, 3.63) is 52.8 Å². The van der Waals surface area contributed by atoms with E-state index in [0.717, 1.165) is 17.0 Å². The highest BCUT2D eigenvalue weighted by atomic mass is 16.1. The average Bonchev–Trinajstić information content (AvgIpc) is 2.80. The fraction of sp³-hybridized carbons (Fsp3) is 0.500. The fourth-order valence-electron chi connectivity index (χ4n) is 3.08. The zero-order chi connectivity index (χ0) is 18.6. The van der Waals surface area contributed by atoms with Crippen molar-refractivity contribution >= 4 is 5.91 Å². The van der Waals surface area contributed by atoms with E-state index in [1.54, 1.807) is 0 Å². The number of carbonyl (C=O) groups is 1. The molecule has 2 rings (SSSR count). The zero-order valence-corrected chi connectivity index (χ0v) is 16.2. The van der Waals surface area contributed by atoms with Gasteiger partial charge < -0.3 is 10.6 Å². The lowest BCUT2D eigenvalue weighted by Crippen LogP contribution is -2.50. The highest BCUT2D eigenvalue weighted by Gasteiger charge is 2.22. The van der Waals surface area contributed by atoms with Crippen LogP contribution in [-0.2, 0) is 18.3 Å². The molecular formula is C20H30N4O. The SMILES string of the molecule is Cc1nn(C)c(C)c1CC(=O)NCC(C)(C)N[C@@H](C)c1ccccc1. The van der Waals surface area contributed by atoms with Crippen molar-refractivity contribution in [2.24, 2.45) is 7.05 Å². The molecule has 0 radical (unpaired) electrons. The third kappa shape index (κ3) is 5.16. The molecule has 0 aliphatic carbocycles. The average molecular weight is 342 g/mol. The molecule has 0 unspecified atom stereocenters. The Labute approximate surface area is 150 Å². The number of aryl methyl sites for hydroxylation is 2. The number of hydrogen-bond acceptors (Lipinski definition) is 3. The summed E-state index contributed by atoms with van der Waals surface area (Å²) in [4.78, 5) is 12.4. The number of nitrogens with one attached hydrogen (secondary N) is 2. The van der Waals surface area contributed by atoms with E-state index in [-0.39, 0.29) is 17.5 Å². The van der Waals surface area contributed by atoms with E-state index in [1.807, 2.05) is 43.8 Å². The number of aromatic nitrogens is 2. The predicted molar refractivity (Wildman–Crippen MR) is 101 cm³/mol. The molecule has 1 heterocycles. The molecule has 0 aliphatic heterocycles. The quantitative estimate of drug-likeness (QED) is 0.813. The second-order valence-corrected chi connectivity index (χ2v) is 7.39. The van der Waals surface area contributed by atoms with Gasteiger partial charge in [0.15, 0.2) is 0 Å². The largest absolute Gasteiger partial charge is 0.354 e. The van der Waals surface area contributed by atoms with Crippen LogP contribution in [0.25, 0.3) is 0 Å². The summed E-state index contributed by atoms with van der Waals surface area (Å²) >= 11 is 0. The summed E-state index contributed by atoms with van der Waals surface area (Å²) in [6, 6.07) is 10.5. The molecular weight excluding hydrogens is 312 g/mol. The van der Waals surface area contributed by atoms with Gasteiger partial charge in [-0.05, 0) is 40.2 Å². The van der Waals surface area contributed by atoms with Gasteiger partial charge in [0.05, 0.1) is 12.1 Å². The number of rotatable bonds is 7. The van der Waals surface area contributed by atoms with E-state index in [0.29, 0.717) is 13.0 Å². The minimum Gasteiger partial charge on any atom is -0.354 e. The summed E-state index contributed by atoms with van der Waals surface area (Å²) < 4.78 is 1.82. The highest BCUT2D eigenvalue weighted by Crippen LogP contribution is 2.16. The molecule has 0 saturated carbocycles. The van der Waals surface area contributed by atoms with E-state index in [9.17, 15) is 4.79 Å². The smallest absolute Gasteiger partial charge is 0.224 e. The molecule has 1 aromatic carbocycles. The van der Waals surface area contributed by atoms with Crippen molar-refractivity contribution in [2.75, 3.05) is 6.54 Å². The molecule has 0 fully saturated rings. The van der Waals surface area contributed by atoms with Crippen molar-refractivity contribution in [2.45, 2.75) is 52.6 Å². The molecule has 1 amide bonds. The van der Waals surface area contributed by atoms with Crippen molar-refractivity contribution in [3.8, 4) is 0 Å². The van der Waals surface area contributed by atoms with Crippen LogP contribution < -0.4 is 10.6 Å². The molecule has 1 atom stereocenters. The van der Waals surface area contributed by atoms with Crippen molar-refractivity contribution in [3.63, 3.8) is 0 Å². The van der Waals surface area contributed by atoms with Gasteiger partial charge in [0, 0.05) is 36.4 Å². The van der Waals surface area contributed by atoms with Gasteiger partial charge in [0.25, 0.3) is 0 Å². The molecule has 0 aliphatic rings. The Morgan fingerprint density at radius 2 is 1.88 bits per heavy atom. The first-order valence-electron chi connectivity index (χ1n) is 8.78. The van der Waals surface area contributed by atoms with Crippen LogP contribution in [0, 0.1) is 13.8 Å². The van der Waals surface area contributed by atoms with Crippen molar-refractivity contribution in [1.29, 1.82) is 0 Å². The van der Waals surface area contributed by atoms with Crippen LogP contribution in [0.5, 0.6) is 0 Å². The van der Waals surface area contributed by atoms with E-state index < -0.39 is 0 Å². The fourth-order valence-corrected chi connectivity index (χ4v) is 3.08. The first-order chi connectivity index (χ1) is 11.7. The number of benzene rings is 1. The first-order valence-corrected chi connectivity index (χ1v) is 8.78. The van der Waals surface area contributed by atoms with Gasteiger partial charge in [-0.15, -0.1) is 0 Å². The Kier molecular flexibility index (Phi) is 6.01. The monoisotopic (exact) mass is 342 g/mol. The Morgan fingerprint density at radius 1 is 1.24 bits per heavy atom. The van der Waals surface area contributed by atoms with Gasteiger partial charge in [0.1, 0.15) is 0 Å². The van der Waals surface area contributed by atoms with E-state index >= 15 is 0 Å². The molecule has 0 spiro atoms. The minimum atomic E-state index is -0.204. The van der Waals surface area contributed by atoms with Gasteiger partial charge in [-0.25, -0.2) is 0 Å². The number of nitrogens with zero attached hydrogens (tertiary/aromatic N) is 2. The maximum absolute atomic E-state index is 12.4. The maximum atomic E-state index is 12.4. The Hall–Kier alpha value is -2.14. The topological polar surface area (TPSA) is 59.0 Å². The van der Waals surface area contributed by atoms with Crippen LogP contribution in [0.15, 0.2) is 30.3 Å². The Balaban J connectivity index is 1.89. The summed E-state index contributed by atoms with van der Waals surface area (Å²) in [5, 5.41) is 11.0. The molecule has 2 N–H and O–H groups in total.